The number of aromatic amines is 1. The van der Waals surface area contributed by atoms with Crippen LogP contribution in [0.25, 0.3) is 33.7 Å². The molecule has 0 saturated carbocycles. The number of nitrogens with one attached hydrogen (secondary N) is 1. The third-order valence-corrected chi connectivity index (χ3v) is 5.94. The molecule has 1 atom stereocenters. The molecule has 5 heterocycles. The van der Waals surface area contributed by atoms with Crippen molar-refractivity contribution in [2.24, 2.45) is 7.05 Å². The van der Waals surface area contributed by atoms with Crippen LogP contribution in [-0.2, 0) is 22.1 Å². The highest BCUT2D eigenvalue weighted by Crippen LogP contribution is 2.39. The number of nitrogens with zero attached hydrogens (tertiary/aromatic N) is 7. The molecule has 0 spiro atoms. The minimum absolute atomic E-state index is 0.00142. The maximum Gasteiger partial charge on any atom is 0.220 e. The molecule has 0 saturated heterocycles. The number of aromatic nitrogens is 8. The molecule has 5 aromatic rings. The molecular weight excluding hydrogens is 465 g/mol. The van der Waals surface area contributed by atoms with E-state index in [4.69, 9.17) is 20.2 Å². The number of nitrogens with two attached hydrogens (primary N) is 1. The van der Waals surface area contributed by atoms with Crippen molar-refractivity contribution in [3.63, 3.8) is 0 Å². The molecule has 0 amide bonds. The molecule has 0 fully saturated rings. The highest BCUT2D eigenvalue weighted by molar-refractivity contribution is 5.90. The van der Waals surface area contributed by atoms with Gasteiger partial charge >= 0.3 is 0 Å². The lowest BCUT2D eigenvalue weighted by Crippen LogP contribution is -2.34. The number of ether oxygens (including phenoxy) is 2. The molecule has 0 radical (unpaired) electrons. The topological polar surface area (TPSA) is 143 Å². The molecule has 184 valence electrons. The predicted octanol–water partition coefficient (Wildman–Crippen LogP) is 3.21. The van der Waals surface area contributed by atoms with Gasteiger partial charge in [0.05, 0.1) is 35.7 Å². The van der Waals surface area contributed by atoms with E-state index in [-0.39, 0.29) is 18.3 Å². The highest BCUT2D eigenvalue weighted by Gasteiger charge is 2.39. The fourth-order valence-electron chi connectivity index (χ4n) is 4.22. The molecule has 0 aliphatic carbocycles. The summed E-state index contributed by atoms with van der Waals surface area (Å²) in [5.41, 5.74) is 9.29. The van der Waals surface area contributed by atoms with Gasteiger partial charge in [0.1, 0.15) is 23.7 Å². The summed E-state index contributed by atoms with van der Waals surface area (Å²) in [4.78, 5) is 25.2. The number of halogens is 1. The lowest BCUT2D eigenvalue weighted by Gasteiger charge is -2.33. The number of nitrogen functional groups attached to an aromatic ring is 1. The summed E-state index contributed by atoms with van der Waals surface area (Å²) in [7, 11) is 3.33. The first-order chi connectivity index (χ1) is 17.4. The van der Waals surface area contributed by atoms with Crippen LogP contribution in [0.4, 0.5) is 10.3 Å². The summed E-state index contributed by atoms with van der Waals surface area (Å²) < 4.78 is 27.9. The number of aryl methyl sites for hydroxylation is 1. The normalized spacial score (nSPS) is 13.2. The summed E-state index contributed by atoms with van der Waals surface area (Å²) in [5.74, 6) is -0.533. The summed E-state index contributed by atoms with van der Waals surface area (Å²) in [6.07, 6.45) is 9.97. The summed E-state index contributed by atoms with van der Waals surface area (Å²) >= 11 is 0. The Labute approximate surface area is 205 Å². The van der Waals surface area contributed by atoms with Gasteiger partial charge < -0.3 is 20.2 Å². The van der Waals surface area contributed by atoms with Crippen molar-refractivity contribution < 1.29 is 13.9 Å². The SMILES string of the molecule is CCC(OCOC)(c1cc(-c2c[nH]c3ncc(-c4cnn(C)c4)nc23)nc(N)n1)c1ccncc1F. The van der Waals surface area contributed by atoms with Crippen molar-refractivity contribution in [2.45, 2.75) is 18.9 Å². The lowest BCUT2D eigenvalue weighted by atomic mass is 9.87. The number of hydrogen-bond acceptors (Lipinski definition) is 9. The van der Waals surface area contributed by atoms with E-state index in [2.05, 4.69) is 30.0 Å². The summed E-state index contributed by atoms with van der Waals surface area (Å²) in [6, 6.07) is 3.28. The monoisotopic (exact) mass is 489 g/mol. The predicted molar refractivity (Wildman–Crippen MR) is 130 cm³/mol. The van der Waals surface area contributed by atoms with E-state index >= 15 is 0 Å². The first-order valence-corrected chi connectivity index (χ1v) is 11.2. The van der Waals surface area contributed by atoms with Gasteiger partial charge in [-0.1, -0.05) is 6.92 Å². The lowest BCUT2D eigenvalue weighted by molar-refractivity contribution is -0.120. The van der Waals surface area contributed by atoms with Crippen LogP contribution in [0.15, 0.2) is 49.3 Å². The van der Waals surface area contributed by atoms with Gasteiger partial charge in [-0.25, -0.2) is 24.3 Å². The van der Waals surface area contributed by atoms with Gasteiger partial charge in [-0.2, -0.15) is 5.10 Å². The fourth-order valence-corrected chi connectivity index (χ4v) is 4.22. The average molecular weight is 490 g/mol. The largest absolute Gasteiger partial charge is 0.368 e. The quantitative estimate of drug-likeness (QED) is 0.314. The second-order valence-corrected chi connectivity index (χ2v) is 8.14. The van der Waals surface area contributed by atoms with E-state index in [0.717, 1.165) is 11.8 Å². The maximum atomic E-state index is 15.0. The summed E-state index contributed by atoms with van der Waals surface area (Å²) in [5, 5.41) is 4.21. The Morgan fingerprint density at radius 3 is 2.75 bits per heavy atom. The Hall–Kier alpha value is -4.29. The Balaban J connectivity index is 1.68. The fraction of sp³-hybridized carbons (Fsp3) is 0.250. The van der Waals surface area contributed by atoms with Crippen LogP contribution in [-0.4, -0.2) is 53.6 Å². The van der Waals surface area contributed by atoms with E-state index in [1.807, 2.05) is 20.2 Å². The average Bonchev–Trinajstić information content (AvgIpc) is 3.51. The standard InChI is InChI=1S/C24H24FN9O2/c1-4-24(36-13-35-3,16-5-6-27-10-17(16)25)20-7-18(32-23(26)33-20)15-9-28-22-21(15)31-19(11-29-22)14-8-30-34(2)12-14/h5-12H,4,13H2,1-3H3,(H,28,29)(H2,26,32,33). The third kappa shape index (κ3) is 4.06. The second-order valence-electron chi connectivity index (χ2n) is 8.14. The Bertz CT molecular complexity index is 1530. The molecule has 11 nitrogen and oxygen atoms in total. The van der Waals surface area contributed by atoms with Crippen LogP contribution < -0.4 is 5.73 Å². The van der Waals surface area contributed by atoms with Crippen LogP contribution in [0, 0.1) is 5.82 Å². The number of pyridine rings is 1. The van der Waals surface area contributed by atoms with Crippen molar-refractivity contribution in [3.05, 3.63) is 66.4 Å². The van der Waals surface area contributed by atoms with Crippen molar-refractivity contribution in [1.82, 2.24) is 39.7 Å². The minimum Gasteiger partial charge on any atom is -0.368 e. The van der Waals surface area contributed by atoms with E-state index < -0.39 is 11.4 Å². The molecular formula is C24H24FN9O2. The van der Waals surface area contributed by atoms with Gasteiger partial charge in [0, 0.05) is 49.4 Å². The maximum absolute atomic E-state index is 15.0. The second kappa shape index (κ2) is 9.40. The Morgan fingerprint density at radius 1 is 1.17 bits per heavy atom. The number of rotatable bonds is 8. The van der Waals surface area contributed by atoms with Crippen LogP contribution in [0.3, 0.4) is 0 Å². The van der Waals surface area contributed by atoms with Crippen LogP contribution in [0.2, 0.25) is 0 Å². The van der Waals surface area contributed by atoms with Gasteiger partial charge in [-0.15, -0.1) is 0 Å². The molecule has 3 N–H and O–H groups in total. The number of methoxy groups -OCH3 is 1. The van der Waals surface area contributed by atoms with Crippen LogP contribution in [0.1, 0.15) is 24.6 Å². The number of H-pyrrole nitrogens is 1. The van der Waals surface area contributed by atoms with Crippen molar-refractivity contribution in [2.75, 3.05) is 19.6 Å². The molecule has 5 aromatic heterocycles. The van der Waals surface area contributed by atoms with Gasteiger partial charge in [-0.05, 0) is 18.6 Å². The highest BCUT2D eigenvalue weighted by atomic mass is 19.1. The van der Waals surface area contributed by atoms with Gasteiger partial charge in [0.2, 0.25) is 5.95 Å². The van der Waals surface area contributed by atoms with E-state index in [9.17, 15) is 4.39 Å². The molecule has 0 aliphatic rings. The zero-order valence-electron chi connectivity index (χ0n) is 19.9. The Kier molecular flexibility index (Phi) is 6.12. The minimum atomic E-state index is -1.30. The van der Waals surface area contributed by atoms with E-state index in [0.29, 0.717) is 40.2 Å². The van der Waals surface area contributed by atoms with Crippen LogP contribution in [0.5, 0.6) is 0 Å². The third-order valence-electron chi connectivity index (χ3n) is 5.94. The molecule has 12 heteroatoms. The van der Waals surface area contributed by atoms with Crippen molar-refractivity contribution in [3.8, 4) is 22.5 Å². The van der Waals surface area contributed by atoms with Crippen LogP contribution >= 0.6 is 0 Å². The summed E-state index contributed by atoms with van der Waals surface area (Å²) in [6.45, 7) is 1.77. The van der Waals surface area contributed by atoms with Gasteiger partial charge in [0.15, 0.2) is 5.65 Å². The molecule has 36 heavy (non-hydrogen) atoms. The van der Waals surface area contributed by atoms with E-state index in [1.54, 1.807) is 35.4 Å². The molecule has 1 unspecified atom stereocenters. The zero-order valence-corrected chi connectivity index (χ0v) is 19.9. The number of anilines is 1. The first-order valence-electron chi connectivity index (χ1n) is 11.2. The molecule has 0 bridgehead atoms. The smallest absolute Gasteiger partial charge is 0.220 e. The van der Waals surface area contributed by atoms with Gasteiger partial charge in [-0.3, -0.25) is 9.67 Å². The molecule has 0 aromatic carbocycles. The van der Waals surface area contributed by atoms with Crippen molar-refractivity contribution >= 4 is 17.1 Å². The number of hydrogen-bond donors (Lipinski definition) is 2. The zero-order chi connectivity index (χ0) is 25.3. The van der Waals surface area contributed by atoms with Gasteiger partial charge in [0.25, 0.3) is 0 Å². The van der Waals surface area contributed by atoms with E-state index in [1.165, 1.54) is 13.3 Å². The molecule has 0 aliphatic heterocycles. The number of fused-ring (bicyclic) bond motifs is 1. The van der Waals surface area contributed by atoms with Crippen molar-refractivity contribution in [1.29, 1.82) is 0 Å². The Morgan fingerprint density at radius 2 is 2.03 bits per heavy atom. The first kappa shape index (κ1) is 23.5. The molecule has 5 rings (SSSR count).